The van der Waals surface area contributed by atoms with Crippen LogP contribution in [0.15, 0.2) is 24.4 Å². The van der Waals surface area contributed by atoms with Crippen LogP contribution in [-0.4, -0.2) is 52.5 Å². The topological polar surface area (TPSA) is 76.7 Å². The average Bonchev–Trinajstić information content (AvgIpc) is 3.05. The number of hydrogen-bond donors (Lipinski definition) is 1. The minimum absolute atomic E-state index is 0.0210. The second kappa shape index (κ2) is 4.63. The van der Waals surface area contributed by atoms with Crippen LogP contribution in [0.4, 0.5) is 10.6 Å². The summed E-state index contributed by atoms with van der Waals surface area (Å²) in [6.45, 7) is 1.47. The van der Waals surface area contributed by atoms with Gasteiger partial charge in [0.1, 0.15) is 11.7 Å². The van der Waals surface area contributed by atoms with Gasteiger partial charge in [-0.1, -0.05) is 6.07 Å². The number of urea groups is 1. The fourth-order valence-electron chi connectivity index (χ4n) is 3.46. The number of carbonyl (C=O) groups is 1. The van der Waals surface area contributed by atoms with Gasteiger partial charge in [-0.15, -0.1) is 0 Å². The Kier molecular flexibility index (Phi) is 2.73. The molecule has 112 valence electrons. The number of likely N-dealkylation sites (N-methyl/N-ethyl adjacent to an activating group) is 1. The zero-order valence-electron chi connectivity index (χ0n) is 12.2. The van der Waals surface area contributed by atoms with E-state index >= 15 is 0 Å². The van der Waals surface area contributed by atoms with E-state index in [1.54, 1.807) is 9.30 Å². The molecule has 0 radical (unpaired) electrons. The first-order chi connectivity index (χ1) is 10.7. The summed E-state index contributed by atoms with van der Waals surface area (Å²) < 4.78 is 1.81. The van der Waals surface area contributed by atoms with Crippen LogP contribution in [-0.2, 0) is 0 Å². The molecule has 0 aliphatic carbocycles. The molecule has 0 aromatic carbocycles. The minimum Gasteiger partial charge on any atom is -0.352 e. The number of anilines is 1. The van der Waals surface area contributed by atoms with Gasteiger partial charge in [-0.05, 0) is 18.6 Å². The van der Waals surface area contributed by atoms with Crippen LogP contribution in [0.2, 0.25) is 0 Å². The van der Waals surface area contributed by atoms with Gasteiger partial charge < -0.3 is 15.1 Å². The zero-order chi connectivity index (χ0) is 15.3. The average molecular weight is 296 g/mol. The predicted molar refractivity (Wildman–Crippen MR) is 80.6 cm³/mol. The molecule has 1 N–H and O–H groups in total. The van der Waals surface area contributed by atoms with Crippen molar-refractivity contribution in [3.63, 3.8) is 0 Å². The molecule has 2 amide bonds. The molecule has 2 atom stereocenters. The van der Waals surface area contributed by atoms with Crippen LogP contribution in [0.1, 0.15) is 12.1 Å². The quantitative estimate of drug-likeness (QED) is 0.845. The molecule has 4 rings (SSSR count). The number of piperidine rings is 1. The van der Waals surface area contributed by atoms with E-state index in [9.17, 15) is 10.1 Å². The fraction of sp³-hybridized carbons (Fsp3) is 0.400. The molecule has 0 saturated carbocycles. The van der Waals surface area contributed by atoms with Gasteiger partial charge >= 0.3 is 6.03 Å². The van der Waals surface area contributed by atoms with Gasteiger partial charge in [0.25, 0.3) is 0 Å². The molecule has 2 aliphatic rings. The van der Waals surface area contributed by atoms with E-state index in [2.05, 4.69) is 21.3 Å². The summed E-state index contributed by atoms with van der Waals surface area (Å²) in [6.07, 6.45) is 2.72. The maximum atomic E-state index is 11.8. The minimum atomic E-state index is -0.0210. The molecular weight excluding hydrogens is 280 g/mol. The van der Waals surface area contributed by atoms with Crippen LogP contribution >= 0.6 is 0 Å². The summed E-state index contributed by atoms with van der Waals surface area (Å²) in [5.74, 6) is 0.705. The Hall–Kier alpha value is -2.75. The lowest BCUT2D eigenvalue weighted by Gasteiger charge is -2.36. The Balaban J connectivity index is 1.69. The first kappa shape index (κ1) is 13.0. The number of fused-ring (bicyclic) bond motifs is 2. The second-order valence-corrected chi connectivity index (χ2v) is 5.79. The van der Waals surface area contributed by atoms with Crippen molar-refractivity contribution in [1.29, 1.82) is 5.26 Å². The maximum Gasteiger partial charge on any atom is 0.317 e. The largest absolute Gasteiger partial charge is 0.352 e. The summed E-state index contributed by atoms with van der Waals surface area (Å²) in [5.41, 5.74) is 1.32. The number of nitrogens with one attached hydrogen (secondary N) is 1. The van der Waals surface area contributed by atoms with Gasteiger partial charge in [0, 0.05) is 26.3 Å². The summed E-state index contributed by atoms with van der Waals surface area (Å²) in [7, 11) is 1.83. The highest BCUT2D eigenvalue weighted by molar-refractivity contribution is 5.77. The number of nitriles is 1. The molecule has 0 unspecified atom stereocenters. The number of carbonyl (C=O) groups excluding carboxylic acids is 1. The molecule has 2 aliphatic heterocycles. The molecule has 7 nitrogen and oxygen atoms in total. The van der Waals surface area contributed by atoms with Crippen molar-refractivity contribution in [2.75, 3.05) is 25.0 Å². The number of pyridine rings is 1. The molecule has 0 bridgehead atoms. The highest BCUT2D eigenvalue weighted by atomic mass is 16.2. The monoisotopic (exact) mass is 296 g/mol. The Morgan fingerprint density at radius 3 is 3.14 bits per heavy atom. The van der Waals surface area contributed by atoms with Gasteiger partial charge in [-0.3, -0.25) is 4.40 Å². The van der Waals surface area contributed by atoms with E-state index < -0.39 is 0 Å². The molecular formula is C15H16N6O. The third kappa shape index (κ3) is 1.73. The lowest BCUT2D eigenvalue weighted by atomic mass is 10.0. The molecule has 2 saturated heterocycles. The van der Waals surface area contributed by atoms with Crippen molar-refractivity contribution < 1.29 is 4.79 Å². The predicted octanol–water partition coefficient (Wildman–Crippen LogP) is 0.808. The van der Waals surface area contributed by atoms with Gasteiger partial charge in [0.15, 0.2) is 11.5 Å². The standard InChI is InChI=1S/C15H16N6O/c1-19-11-5-7-20(9-10(11)17-15(19)22)14-12(8-16)21-6-3-2-4-13(21)18-14/h2-4,6,10-11H,5,7,9H2,1H3,(H,17,22)/t10-,11+/m1/s1. The third-order valence-corrected chi connectivity index (χ3v) is 4.62. The smallest absolute Gasteiger partial charge is 0.317 e. The highest BCUT2D eigenvalue weighted by Gasteiger charge is 2.41. The Labute approximate surface area is 127 Å². The van der Waals surface area contributed by atoms with E-state index in [4.69, 9.17) is 0 Å². The highest BCUT2D eigenvalue weighted by Crippen LogP contribution is 2.27. The Bertz CT molecular complexity index is 791. The van der Waals surface area contributed by atoms with E-state index in [1.165, 1.54) is 0 Å². The second-order valence-electron chi connectivity index (χ2n) is 5.79. The fourth-order valence-corrected chi connectivity index (χ4v) is 3.46. The van der Waals surface area contributed by atoms with Crippen molar-refractivity contribution in [2.45, 2.75) is 18.5 Å². The van der Waals surface area contributed by atoms with Crippen LogP contribution in [0.5, 0.6) is 0 Å². The molecule has 2 aromatic heterocycles. The number of rotatable bonds is 1. The lowest BCUT2D eigenvalue weighted by Crippen LogP contribution is -2.51. The van der Waals surface area contributed by atoms with Crippen molar-refractivity contribution in [2.24, 2.45) is 0 Å². The van der Waals surface area contributed by atoms with Crippen LogP contribution < -0.4 is 10.2 Å². The lowest BCUT2D eigenvalue weighted by molar-refractivity contribution is 0.212. The molecule has 0 spiro atoms. The first-order valence-electron chi connectivity index (χ1n) is 7.34. The third-order valence-electron chi connectivity index (χ3n) is 4.62. The first-order valence-corrected chi connectivity index (χ1v) is 7.34. The molecule has 7 heteroatoms. The number of imidazole rings is 1. The normalized spacial score (nSPS) is 24.3. The van der Waals surface area contributed by atoms with Crippen LogP contribution in [0.3, 0.4) is 0 Å². The van der Waals surface area contributed by atoms with Gasteiger partial charge in [0.05, 0.1) is 12.1 Å². The summed E-state index contributed by atoms with van der Waals surface area (Å²) >= 11 is 0. The number of nitrogens with zero attached hydrogens (tertiary/aromatic N) is 5. The number of aromatic nitrogens is 2. The maximum absolute atomic E-state index is 11.8. The summed E-state index contributed by atoms with van der Waals surface area (Å²) in [5, 5.41) is 12.5. The summed E-state index contributed by atoms with van der Waals surface area (Å²) in [4.78, 5) is 20.2. The molecule has 4 heterocycles. The van der Waals surface area contributed by atoms with Crippen LogP contribution in [0.25, 0.3) is 5.65 Å². The van der Waals surface area contributed by atoms with Crippen molar-refractivity contribution >= 4 is 17.5 Å². The summed E-state index contributed by atoms with van der Waals surface area (Å²) in [6, 6.07) is 8.23. The van der Waals surface area contributed by atoms with E-state index in [0.29, 0.717) is 18.1 Å². The van der Waals surface area contributed by atoms with Gasteiger partial charge in [-0.25, -0.2) is 9.78 Å². The van der Waals surface area contributed by atoms with Crippen molar-refractivity contribution in [3.05, 3.63) is 30.1 Å². The van der Waals surface area contributed by atoms with E-state index in [0.717, 1.165) is 18.6 Å². The van der Waals surface area contributed by atoms with Crippen LogP contribution in [0, 0.1) is 11.3 Å². The number of hydrogen-bond acceptors (Lipinski definition) is 4. The van der Waals surface area contributed by atoms with Crippen molar-refractivity contribution in [1.82, 2.24) is 19.6 Å². The molecule has 22 heavy (non-hydrogen) atoms. The van der Waals surface area contributed by atoms with Gasteiger partial charge in [0.2, 0.25) is 0 Å². The van der Waals surface area contributed by atoms with Crippen molar-refractivity contribution in [3.8, 4) is 6.07 Å². The Morgan fingerprint density at radius 2 is 2.32 bits per heavy atom. The van der Waals surface area contributed by atoms with E-state index in [-0.39, 0.29) is 18.1 Å². The Morgan fingerprint density at radius 1 is 1.45 bits per heavy atom. The molecule has 2 fully saturated rings. The SMILES string of the molecule is CN1C(=O)N[C@@H]2CN(c3nc4ccccn4c3C#N)CC[C@@H]21. The zero-order valence-corrected chi connectivity index (χ0v) is 12.2. The molecule has 2 aromatic rings. The number of amides is 2. The van der Waals surface area contributed by atoms with Gasteiger partial charge in [-0.2, -0.15) is 5.26 Å². The van der Waals surface area contributed by atoms with E-state index in [1.807, 2.05) is 31.4 Å².